The first-order chi connectivity index (χ1) is 13.4. The van der Waals surface area contributed by atoms with Crippen LogP contribution in [0.25, 0.3) is 16.9 Å². The number of nitrogens with zero attached hydrogens (tertiary/aromatic N) is 2. The molecule has 7 heteroatoms. The Morgan fingerprint density at radius 1 is 1.21 bits per heavy atom. The van der Waals surface area contributed by atoms with Gasteiger partial charge in [-0.2, -0.15) is 9.78 Å². The van der Waals surface area contributed by atoms with E-state index in [0.717, 1.165) is 11.1 Å². The largest absolute Gasteiger partial charge is 0.394 e. The van der Waals surface area contributed by atoms with Crippen molar-refractivity contribution in [1.29, 1.82) is 0 Å². The fraction of sp³-hybridized carbons (Fsp3) is 0.190. The van der Waals surface area contributed by atoms with Gasteiger partial charge in [0.25, 0.3) is 11.5 Å². The Labute approximate surface area is 167 Å². The molecule has 28 heavy (non-hydrogen) atoms. The van der Waals surface area contributed by atoms with Crippen molar-refractivity contribution >= 4 is 17.5 Å². The van der Waals surface area contributed by atoms with Crippen molar-refractivity contribution in [2.45, 2.75) is 19.9 Å². The van der Waals surface area contributed by atoms with E-state index in [1.807, 2.05) is 25.1 Å². The van der Waals surface area contributed by atoms with Crippen LogP contribution >= 0.6 is 11.6 Å². The molecule has 1 amide bonds. The van der Waals surface area contributed by atoms with Gasteiger partial charge in [0.2, 0.25) is 0 Å². The molecule has 0 fully saturated rings. The number of amides is 1. The normalized spacial score (nSPS) is 11.9. The van der Waals surface area contributed by atoms with Crippen molar-refractivity contribution in [2.24, 2.45) is 0 Å². The van der Waals surface area contributed by atoms with Crippen LogP contribution in [-0.4, -0.2) is 33.4 Å². The van der Waals surface area contributed by atoms with Gasteiger partial charge in [-0.3, -0.25) is 9.59 Å². The topological polar surface area (TPSA) is 84.2 Å². The molecule has 0 aliphatic carbocycles. The number of aliphatic hydroxyl groups excluding tert-OH is 1. The molecule has 1 heterocycles. The number of benzene rings is 2. The van der Waals surface area contributed by atoms with Crippen LogP contribution in [0.5, 0.6) is 0 Å². The minimum Gasteiger partial charge on any atom is -0.394 e. The monoisotopic (exact) mass is 397 g/mol. The Hall–Kier alpha value is -2.96. The number of rotatable bonds is 5. The highest BCUT2D eigenvalue weighted by atomic mass is 35.5. The zero-order valence-electron chi connectivity index (χ0n) is 15.5. The summed E-state index contributed by atoms with van der Waals surface area (Å²) >= 11 is 5.96. The van der Waals surface area contributed by atoms with Gasteiger partial charge in [0.1, 0.15) is 5.56 Å². The van der Waals surface area contributed by atoms with Gasteiger partial charge in [0, 0.05) is 16.6 Å². The van der Waals surface area contributed by atoms with Gasteiger partial charge < -0.3 is 10.4 Å². The number of aliphatic hydroxyl groups is 1. The average molecular weight is 398 g/mol. The summed E-state index contributed by atoms with van der Waals surface area (Å²) in [5.74, 6) is -0.564. The summed E-state index contributed by atoms with van der Waals surface area (Å²) in [5.41, 5.74) is 2.11. The molecule has 0 radical (unpaired) electrons. The minimum atomic E-state index is -0.564. The Bertz CT molecular complexity index is 1060. The number of halogens is 1. The van der Waals surface area contributed by atoms with Gasteiger partial charge in [-0.05, 0) is 49.7 Å². The standard InChI is InChI=1S/C21H20ClN3O3/c1-13-4-3-5-17(10-13)25-21(28)18(20(27)23-14(2)12-26)11-19(24-25)15-6-8-16(22)9-7-15/h3-11,14,26H,12H2,1-2H3,(H,23,27)/t14-/m0/s1. The number of aryl methyl sites for hydroxylation is 1. The molecule has 0 unspecified atom stereocenters. The van der Waals surface area contributed by atoms with Gasteiger partial charge in [0.15, 0.2) is 0 Å². The maximum absolute atomic E-state index is 13.0. The van der Waals surface area contributed by atoms with Crippen LogP contribution in [0.15, 0.2) is 59.4 Å². The molecule has 144 valence electrons. The van der Waals surface area contributed by atoms with E-state index in [2.05, 4.69) is 10.4 Å². The summed E-state index contributed by atoms with van der Waals surface area (Å²) in [6.07, 6.45) is 0. The average Bonchev–Trinajstić information content (AvgIpc) is 2.68. The van der Waals surface area contributed by atoms with Crippen LogP contribution in [0.3, 0.4) is 0 Å². The van der Waals surface area contributed by atoms with Crippen molar-refractivity contribution in [3.05, 3.63) is 81.1 Å². The maximum Gasteiger partial charge on any atom is 0.284 e. The lowest BCUT2D eigenvalue weighted by atomic mass is 10.1. The number of hydrogen-bond donors (Lipinski definition) is 2. The molecule has 3 rings (SSSR count). The van der Waals surface area contributed by atoms with Crippen molar-refractivity contribution in [3.63, 3.8) is 0 Å². The molecule has 1 atom stereocenters. The maximum atomic E-state index is 13.0. The van der Waals surface area contributed by atoms with Gasteiger partial charge in [-0.15, -0.1) is 0 Å². The molecular weight excluding hydrogens is 378 g/mol. The molecule has 0 saturated carbocycles. The molecule has 1 aromatic heterocycles. The molecule has 2 N–H and O–H groups in total. The van der Waals surface area contributed by atoms with Crippen LogP contribution in [-0.2, 0) is 0 Å². The van der Waals surface area contributed by atoms with Crippen LogP contribution in [0, 0.1) is 6.92 Å². The number of carbonyl (C=O) groups is 1. The van der Waals surface area contributed by atoms with E-state index in [9.17, 15) is 14.7 Å². The van der Waals surface area contributed by atoms with E-state index in [1.54, 1.807) is 37.3 Å². The summed E-state index contributed by atoms with van der Waals surface area (Å²) in [4.78, 5) is 25.6. The molecule has 3 aromatic rings. The third-order valence-electron chi connectivity index (χ3n) is 4.19. The molecule has 2 aromatic carbocycles. The highest BCUT2D eigenvalue weighted by Gasteiger charge is 2.18. The van der Waals surface area contributed by atoms with E-state index in [4.69, 9.17) is 11.6 Å². The smallest absolute Gasteiger partial charge is 0.284 e. The molecule has 6 nitrogen and oxygen atoms in total. The third-order valence-corrected chi connectivity index (χ3v) is 4.45. The van der Waals surface area contributed by atoms with Gasteiger partial charge in [-0.1, -0.05) is 35.9 Å². The predicted molar refractivity (Wildman–Crippen MR) is 109 cm³/mol. The number of hydrogen-bond acceptors (Lipinski definition) is 4. The SMILES string of the molecule is Cc1cccc(-n2nc(-c3ccc(Cl)cc3)cc(C(=O)N[C@@H](C)CO)c2=O)c1. The number of nitrogens with one attached hydrogen (secondary N) is 1. The number of carbonyl (C=O) groups excluding carboxylic acids is 1. The Morgan fingerprint density at radius 2 is 1.93 bits per heavy atom. The summed E-state index contributed by atoms with van der Waals surface area (Å²) in [7, 11) is 0. The van der Waals surface area contributed by atoms with E-state index >= 15 is 0 Å². The highest BCUT2D eigenvalue weighted by molar-refractivity contribution is 6.30. The lowest BCUT2D eigenvalue weighted by Gasteiger charge is -2.14. The van der Waals surface area contributed by atoms with Crippen LogP contribution in [0.1, 0.15) is 22.8 Å². The van der Waals surface area contributed by atoms with Crippen molar-refractivity contribution in [1.82, 2.24) is 15.1 Å². The summed E-state index contributed by atoms with van der Waals surface area (Å²) in [6.45, 7) is 3.33. The van der Waals surface area contributed by atoms with Crippen molar-refractivity contribution < 1.29 is 9.90 Å². The summed E-state index contributed by atoms with van der Waals surface area (Å²) in [6, 6.07) is 15.3. The third kappa shape index (κ3) is 4.30. The molecule has 0 spiro atoms. The molecule has 0 bridgehead atoms. The van der Waals surface area contributed by atoms with Gasteiger partial charge in [0.05, 0.1) is 18.0 Å². The Balaban J connectivity index is 2.19. The van der Waals surface area contributed by atoms with Crippen molar-refractivity contribution in [2.75, 3.05) is 6.61 Å². The first-order valence-corrected chi connectivity index (χ1v) is 9.16. The number of aromatic nitrogens is 2. The van der Waals surface area contributed by atoms with Crippen molar-refractivity contribution in [3.8, 4) is 16.9 Å². The fourth-order valence-electron chi connectivity index (χ4n) is 2.70. The fourth-order valence-corrected chi connectivity index (χ4v) is 2.83. The van der Waals surface area contributed by atoms with Gasteiger partial charge in [-0.25, -0.2) is 0 Å². The second-order valence-electron chi connectivity index (χ2n) is 6.56. The van der Waals surface area contributed by atoms with E-state index < -0.39 is 17.5 Å². The Kier molecular flexibility index (Phi) is 5.92. The second kappa shape index (κ2) is 8.37. The predicted octanol–water partition coefficient (Wildman–Crippen LogP) is 2.97. The van der Waals surface area contributed by atoms with Crippen LogP contribution in [0.4, 0.5) is 0 Å². The highest BCUT2D eigenvalue weighted by Crippen LogP contribution is 2.20. The first-order valence-electron chi connectivity index (χ1n) is 8.78. The van der Waals surface area contributed by atoms with Crippen LogP contribution < -0.4 is 10.9 Å². The van der Waals surface area contributed by atoms with E-state index in [1.165, 1.54) is 10.7 Å². The minimum absolute atomic E-state index is 0.0539. The first kappa shape index (κ1) is 19.8. The summed E-state index contributed by atoms with van der Waals surface area (Å²) in [5, 5.41) is 16.8. The summed E-state index contributed by atoms with van der Waals surface area (Å²) < 4.78 is 1.22. The van der Waals surface area contributed by atoms with E-state index in [-0.39, 0.29) is 12.2 Å². The van der Waals surface area contributed by atoms with E-state index in [0.29, 0.717) is 16.4 Å². The second-order valence-corrected chi connectivity index (χ2v) is 7.00. The lowest BCUT2D eigenvalue weighted by molar-refractivity contribution is 0.0920. The lowest BCUT2D eigenvalue weighted by Crippen LogP contribution is -2.39. The van der Waals surface area contributed by atoms with Crippen LogP contribution in [0.2, 0.25) is 5.02 Å². The Morgan fingerprint density at radius 3 is 2.57 bits per heavy atom. The zero-order chi connectivity index (χ0) is 20.3. The molecular formula is C21H20ClN3O3. The van der Waals surface area contributed by atoms with Gasteiger partial charge >= 0.3 is 0 Å². The molecule has 0 saturated heterocycles. The quantitative estimate of drug-likeness (QED) is 0.693. The molecule has 0 aliphatic heterocycles. The molecule has 0 aliphatic rings. The zero-order valence-corrected chi connectivity index (χ0v) is 16.3.